The van der Waals surface area contributed by atoms with Crippen molar-refractivity contribution in [2.45, 2.75) is 51.2 Å². The summed E-state index contributed by atoms with van der Waals surface area (Å²) in [4.78, 5) is 34.7. The van der Waals surface area contributed by atoms with E-state index >= 15 is 0 Å². The highest BCUT2D eigenvalue weighted by molar-refractivity contribution is 7.99. The van der Waals surface area contributed by atoms with Crippen molar-refractivity contribution in [2.24, 2.45) is 0 Å². The van der Waals surface area contributed by atoms with Gasteiger partial charge in [0.2, 0.25) is 5.91 Å². The van der Waals surface area contributed by atoms with Gasteiger partial charge in [0.05, 0.1) is 11.1 Å². The molecule has 0 spiro atoms. The number of carbonyl (C=O) groups is 1. The van der Waals surface area contributed by atoms with Gasteiger partial charge in [-0.3, -0.25) is 14.2 Å². The zero-order valence-corrected chi connectivity index (χ0v) is 19.2. The summed E-state index contributed by atoms with van der Waals surface area (Å²) >= 11 is 2.95. The van der Waals surface area contributed by atoms with Crippen molar-refractivity contribution in [3.05, 3.63) is 56.7 Å². The van der Waals surface area contributed by atoms with Crippen LogP contribution in [0.3, 0.4) is 0 Å². The lowest BCUT2D eigenvalue weighted by atomic mass is 10.1. The molecule has 7 heteroatoms. The van der Waals surface area contributed by atoms with E-state index in [4.69, 9.17) is 4.98 Å². The van der Waals surface area contributed by atoms with Crippen LogP contribution in [0.15, 0.2) is 40.3 Å². The van der Waals surface area contributed by atoms with E-state index in [1.165, 1.54) is 23.7 Å². The minimum Gasteiger partial charge on any atom is -0.342 e. The second kappa shape index (κ2) is 9.35. The van der Waals surface area contributed by atoms with Crippen LogP contribution in [0.1, 0.15) is 35.3 Å². The maximum absolute atomic E-state index is 13.4. The van der Waals surface area contributed by atoms with Crippen molar-refractivity contribution in [3.63, 3.8) is 0 Å². The molecule has 0 N–H and O–H groups in total. The first kappa shape index (κ1) is 21.1. The van der Waals surface area contributed by atoms with Crippen molar-refractivity contribution in [1.82, 2.24) is 14.5 Å². The third kappa shape index (κ3) is 4.47. The maximum Gasteiger partial charge on any atom is 0.263 e. The van der Waals surface area contributed by atoms with E-state index in [-0.39, 0.29) is 11.5 Å². The summed E-state index contributed by atoms with van der Waals surface area (Å²) in [5, 5.41) is 1.37. The Morgan fingerprint density at radius 1 is 1.13 bits per heavy atom. The third-order valence-corrected chi connectivity index (χ3v) is 7.82. The van der Waals surface area contributed by atoms with Crippen LogP contribution >= 0.6 is 23.1 Å². The number of thioether (sulfide) groups is 1. The molecule has 158 valence electrons. The fourth-order valence-electron chi connectivity index (χ4n) is 3.86. The van der Waals surface area contributed by atoms with E-state index in [2.05, 4.69) is 12.1 Å². The molecule has 5 nitrogen and oxygen atoms in total. The molecule has 0 unspecified atom stereocenters. The van der Waals surface area contributed by atoms with Gasteiger partial charge in [-0.2, -0.15) is 0 Å². The third-order valence-electron chi connectivity index (χ3n) is 5.75. The lowest BCUT2D eigenvalue weighted by molar-refractivity contribution is -0.129. The minimum absolute atomic E-state index is 0.00528. The van der Waals surface area contributed by atoms with Gasteiger partial charge in [0.15, 0.2) is 5.16 Å². The Balaban J connectivity index is 1.62. The number of likely N-dealkylation sites (tertiary alicyclic amines) is 1. The van der Waals surface area contributed by atoms with Crippen molar-refractivity contribution < 1.29 is 4.79 Å². The van der Waals surface area contributed by atoms with Crippen LogP contribution in [0.25, 0.3) is 10.2 Å². The van der Waals surface area contributed by atoms with Crippen LogP contribution in [0.5, 0.6) is 0 Å². The molecule has 4 rings (SSSR count). The predicted octanol–water partition coefficient (Wildman–Crippen LogP) is 4.42. The first-order valence-corrected chi connectivity index (χ1v) is 12.3. The number of amides is 1. The summed E-state index contributed by atoms with van der Waals surface area (Å²) in [5.74, 6) is 0.467. The number of carbonyl (C=O) groups excluding carboxylic acids is 1. The van der Waals surface area contributed by atoms with Crippen LogP contribution in [0, 0.1) is 13.8 Å². The molecule has 0 radical (unpaired) electrons. The largest absolute Gasteiger partial charge is 0.342 e. The van der Waals surface area contributed by atoms with Crippen molar-refractivity contribution in [1.29, 1.82) is 0 Å². The highest BCUT2D eigenvalue weighted by Crippen LogP contribution is 2.28. The lowest BCUT2D eigenvalue weighted by Gasteiger charge is -2.26. The summed E-state index contributed by atoms with van der Waals surface area (Å²) in [6, 6.07) is 10.2. The van der Waals surface area contributed by atoms with Crippen LogP contribution in [-0.4, -0.2) is 39.2 Å². The lowest BCUT2D eigenvalue weighted by Crippen LogP contribution is -2.37. The molecule has 1 aliphatic rings. The summed E-state index contributed by atoms with van der Waals surface area (Å²) in [6.45, 7) is 6.26. The van der Waals surface area contributed by atoms with Crippen molar-refractivity contribution in [3.8, 4) is 0 Å². The average molecular weight is 442 g/mol. The van der Waals surface area contributed by atoms with E-state index < -0.39 is 0 Å². The second-order valence-corrected chi connectivity index (χ2v) is 9.93. The molecule has 0 atom stereocenters. The SMILES string of the molecule is Cc1sc2nc(SCC(=O)N3CCCCC3)n(CCc3ccccc3)c(=O)c2c1C. The van der Waals surface area contributed by atoms with Gasteiger partial charge in [-0.1, -0.05) is 42.1 Å². The number of hydrogen-bond donors (Lipinski definition) is 0. The highest BCUT2D eigenvalue weighted by atomic mass is 32.2. The van der Waals surface area contributed by atoms with Gasteiger partial charge in [-0.15, -0.1) is 11.3 Å². The van der Waals surface area contributed by atoms with Crippen molar-refractivity contribution >= 4 is 39.2 Å². The normalized spacial score (nSPS) is 14.4. The van der Waals surface area contributed by atoms with Crippen molar-refractivity contribution in [2.75, 3.05) is 18.8 Å². The molecule has 1 fully saturated rings. The number of aromatic nitrogens is 2. The quantitative estimate of drug-likeness (QED) is 0.420. The molecule has 1 amide bonds. The first-order valence-electron chi connectivity index (χ1n) is 10.5. The molecule has 1 saturated heterocycles. The molecule has 0 aliphatic carbocycles. The molecular weight excluding hydrogens is 414 g/mol. The van der Waals surface area contributed by atoms with Gasteiger partial charge < -0.3 is 4.90 Å². The average Bonchev–Trinajstić information content (AvgIpc) is 3.06. The van der Waals surface area contributed by atoms with Crippen LogP contribution < -0.4 is 5.56 Å². The monoisotopic (exact) mass is 441 g/mol. The first-order chi connectivity index (χ1) is 14.5. The molecule has 3 heterocycles. The predicted molar refractivity (Wildman–Crippen MR) is 125 cm³/mol. The number of aryl methyl sites for hydroxylation is 3. The van der Waals surface area contributed by atoms with Gasteiger partial charge in [0.1, 0.15) is 4.83 Å². The number of nitrogens with zero attached hydrogens (tertiary/aromatic N) is 3. The van der Waals surface area contributed by atoms with Gasteiger partial charge in [0, 0.05) is 24.5 Å². The van der Waals surface area contributed by atoms with E-state index in [1.54, 1.807) is 15.9 Å². The van der Waals surface area contributed by atoms with Crippen LogP contribution in [-0.2, 0) is 17.8 Å². The van der Waals surface area contributed by atoms with Gasteiger partial charge in [0.25, 0.3) is 5.56 Å². The molecule has 2 aromatic heterocycles. The van der Waals surface area contributed by atoms with E-state index in [9.17, 15) is 9.59 Å². The summed E-state index contributed by atoms with van der Waals surface area (Å²) in [5.41, 5.74) is 2.20. The van der Waals surface area contributed by atoms with Gasteiger partial charge in [-0.05, 0) is 50.7 Å². The standard InChI is InChI=1S/C23H27N3O2S2/c1-16-17(2)30-21-20(16)22(28)26(14-11-18-9-5-3-6-10-18)23(24-21)29-15-19(27)25-12-7-4-8-13-25/h3,5-6,9-10H,4,7-8,11-15H2,1-2H3. The smallest absolute Gasteiger partial charge is 0.263 e. The van der Waals surface area contributed by atoms with E-state index in [0.717, 1.165) is 53.0 Å². The Morgan fingerprint density at radius 3 is 2.60 bits per heavy atom. The fraction of sp³-hybridized carbons (Fsp3) is 0.435. The summed E-state index contributed by atoms with van der Waals surface area (Å²) in [6.07, 6.45) is 4.11. The highest BCUT2D eigenvalue weighted by Gasteiger charge is 2.20. The van der Waals surface area contributed by atoms with Gasteiger partial charge in [-0.25, -0.2) is 4.98 Å². The number of rotatable bonds is 6. The number of thiophene rings is 1. The molecule has 1 aromatic carbocycles. The van der Waals surface area contributed by atoms with Gasteiger partial charge >= 0.3 is 0 Å². The summed E-state index contributed by atoms with van der Waals surface area (Å²) in [7, 11) is 0. The summed E-state index contributed by atoms with van der Waals surface area (Å²) < 4.78 is 1.77. The Bertz CT molecular complexity index is 1100. The molecule has 0 saturated carbocycles. The Kier molecular flexibility index (Phi) is 6.58. The number of piperidine rings is 1. The molecule has 3 aromatic rings. The minimum atomic E-state index is 0.00528. The maximum atomic E-state index is 13.4. The van der Waals surface area contributed by atoms with Crippen LogP contribution in [0.4, 0.5) is 0 Å². The Hall–Kier alpha value is -2.12. The number of hydrogen-bond acceptors (Lipinski definition) is 5. The molecular formula is C23H27N3O2S2. The number of benzene rings is 1. The van der Waals surface area contributed by atoms with E-state index in [1.807, 2.05) is 36.9 Å². The fourth-order valence-corrected chi connectivity index (χ4v) is 5.86. The molecule has 1 aliphatic heterocycles. The van der Waals surface area contributed by atoms with Crippen LogP contribution in [0.2, 0.25) is 0 Å². The Labute approximate surface area is 185 Å². The van der Waals surface area contributed by atoms with E-state index in [0.29, 0.717) is 17.5 Å². The zero-order valence-electron chi connectivity index (χ0n) is 17.5. The second-order valence-electron chi connectivity index (χ2n) is 7.78. The zero-order chi connectivity index (χ0) is 21.1. The number of fused-ring (bicyclic) bond motifs is 1. The topological polar surface area (TPSA) is 55.2 Å². The molecule has 30 heavy (non-hydrogen) atoms. The Morgan fingerprint density at radius 2 is 1.87 bits per heavy atom. The molecule has 0 bridgehead atoms.